The van der Waals surface area contributed by atoms with Gasteiger partial charge in [-0.05, 0) is 38.5 Å². The summed E-state index contributed by atoms with van der Waals surface area (Å²) in [6, 6.07) is 6.53. The number of aromatic nitrogens is 2. The molecule has 3 aromatic rings. The molecule has 0 N–H and O–H groups in total. The van der Waals surface area contributed by atoms with E-state index >= 15 is 0 Å². The number of carbonyl (C=O) groups excluding carboxylic acids is 1. The number of carbonyl (C=O) groups is 1. The maximum Gasteiger partial charge on any atom is 0.329 e. The summed E-state index contributed by atoms with van der Waals surface area (Å²) in [6.45, 7) is 6.47. The van der Waals surface area contributed by atoms with Crippen LogP contribution in [-0.4, -0.2) is 35.3 Å². The van der Waals surface area contributed by atoms with E-state index in [1.54, 1.807) is 19.1 Å². The number of benzene rings is 1. The first-order valence-corrected chi connectivity index (χ1v) is 10.1. The summed E-state index contributed by atoms with van der Waals surface area (Å²) in [7, 11) is 0. The third-order valence-electron chi connectivity index (χ3n) is 4.38. The Balaban J connectivity index is 1.98. The molecular weight excluding hydrogens is 400 g/mol. The fourth-order valence-electron chi connectivity index (χ4n) is 2.94. The molecule has 148 valence electrons. The summed E-state index contributed by atoms with van der Waals surface area (Å²) in [5.74, 6) is -0.497. The van der Waals surface area contributed by atoms with Crippen LogP contribution < -0.4 is 5.56 Å². The summed E-state index contributed by atoms with van der Waals surface area (Å²) < 4.78 is 11.7. The Labute approximate surface area is 171 Å². The van der Waals surface area contributed by atoms with Crippen LogP contribution in [-0.2, 0) is 14.3 Å². The van der Waals surface area contributed by atoms with E-state index in [2.05, 4.69) is 4.98 Å². The third-order valence-corrected chi connectivity index (χ3v) is 5.65. The first-order chi connectivity index (χ1) is 13.4. The second-order valence-electron chi connectivity index (χ2n) is 6.22. The zero-order chi connectivity index (χ0) is 20.3. The van der Waals surface area contributed by atoms with Crippen molar-refractivity contribution in [1.82, 2.24) is 9.55 Å². The minimum atomic E-state index is -0.788. The average molecular weight is 421 g/mol. The van der Waals surface area contributed by atoms with Gasteiger partial charge in [0.05, 0.1) is 18.3 Å². The molecule has 0 amide bonds. The van der Waals surface area contributed by atoms with Crippen LogP contribution in [0.15, 0.2) is 35.4 Å². The molecule has 28 heavy (non-hydrogen) atoms. The fourth-order valence-corrected chi connectivity index (χ4v) is 4.06. The highest BCUT2D eigenvalue weighted by atomic mass is 35.5. The van der Waals surface area contributed by atoms with Crippen LogP contribution in [0.1, 0.15) is 24.8 Å². The summed E-state index contributed by atoms with van der Waals surface area (Å²) in [6.07, 6.45) is 1.40. The van der Waals surface area contributed by atoms with Crippen molar-refractivity contribution in [3.8, 4) is 11.1 Å². The molecule has 0 aliphatic rings. The van der Waals surface area contributed by atoms with Crippen LogP contribution in [0.3, 0.4) is 0 Å². The lowest BCUT2D eigenvalue weighted by molar-refractivity contribution is -0.148. The van der Waals surface area contributed by atoms with Crippen LogP contribution >= 0.6 is 22.9 Å². The maximum atomic E-state index is 13.2. The van der Waals surface area contributed by atoms with E-state index in [4.69, 9.17) is 21.1 Å². The quantitative estimate of drug-likeness (QED) is 0.422. The van der Waals surface area contributed by atoms with Gasteiger partial charge < -0.3 is 9.47 Å². The van der Waals surface area contributed by atoms with Gasteiger partial charge in [-0.15, -0.1) is 11.3 Å². The minimum Gasteiger partial charge on any atom is -0.462 e. The van der Waals surface area contributed by atoms with Crippen molar-refractivity contribution in [2.24, 2.45) is 0 Å². The van der Waals surface area contributed by atoms with Crippen molar-refractivity contribution in [3.05, 3.63) is 50.8 Å². The van der Waals surface area contributed by atoms with Crippen molar-refractivity contribution in [3.63, 3.8) is 0 Å². The lowest BCUT2D eigenvalue weighted by Crippen LogP contribution is -2.30. The van der Waals surface area contributed by atoms with Gasteiger partial charge in [0.2, 0.25) is 0 Å². The Morgan fingerprint density at radius 1 is 1.29 bits per heavy atom. The van der Waals surface area contributed by atoms with Crippen LogP contribution in [0.2, 0.25) is 5.02 Å². The zero-order valence-electron chi connectivity index (χ0n) is 15.9. The van der Waals surface area contributed by atoms with Crippen LogP contribution in [0.25, 0.3) is 21.3 Å². The molecule has 8 heteroatoms. The summed E-state index contributed by atoms with van der Waals surface area (Å²) >= 11 is 7.44. The maximum absolute atomic E-state index is 13.2. The molecule has 6 nitrogen and oxygen atoms in total. The van der Waals surface area contributed by atoms with E-state index in [1.807, 2.05) is 26.0 Å². The standard InChI is InChI=1S/C20H21ClN2O4S/c1-4-26-9-10-27-20(25)12(2)23-11-22-18-17(19(23)24)16(13(3)28-18)14-5-7-15(21)8-6-14/h5-8,11-12H,4,9-10H2,1-3H3. The number of ether oxygens (including phenoxy) is 2. The van der Waals surface area contributed by atoms with Crippen LogP contribution in [0.4, 0.5) is 0 Å². The van der Waals surface area contributed by atoms with Gasteiger partial charge in [-0.1, -0.05) is 23.7 Å². The second-order valence-corrected chi connectivity index (χ2v) is 7.86. The van der Waals surface area contributed by atoms with Gasteiger partial charge in [-0.3, -0.25) is 9.36 Å². The molecule has 0 aliphatic heterocycles. The number of hydrogen-bond acceptors (Lipinski definition) is 6. The van der Waals surface area contributed by atoms with Crippen molar-refractivity contribution < 1.29 is 14.3 Å². The summed E-state index contributed by atoms with van der Waals surface area (Å²) in [4.78, 5) is 31.5. The Morgan fingerprint density at radius 2 is 2.00 bits per heavy atom. The van der Waals surface area contributed by atoms with Gasteiger partial charge in [0.15, 0.2) is 0 Å². The van der Waals surface area contributed by atoms with Crippen molar-refractivity contribution in [2.45, 2.75) is 26.8 Å². The van der Waals surface area contributed by atoms with Gasteiger partial charge in [-0.25, -0.2) is 9.78 Å². The highest BCUT2D eigenvalue weighted by Crippen LogP contribution is 2.36. The average Bonchev–Trinajstić information content (AvgIpc) is 3.02. The van der Waals surface area contributed by atoms with E-state index in [0.717, 1.165) is 16.0 Å². The predicted octanol–water partition coefficient (Wildman–Crippen LogP) is 4.23. The van der Waals surface area contributed by atoms with Crippen molar-refractivity contribution in [1.29, 1.82) is 0 Å². The molecule has 0 saturated heterocycles. The van der Waals surface area contributed by atoms with E-state index in [1.165, 1.54) is 22.2 Å². The van der Waals surface area contributed by atoms with Crippen LogP contribution in [0, 0.1) is 6.92 Å². The van der Waals surface area contributed by atoms with Crippen LogP contribution in [0.5, 0.6) is 0 Å². The van der Waals surface area contributed by atoms with Gasteiger partial charge >= 0.3 is 5.97 Å². The molecule has 0 spiro atoms. The molecule has 2 heterocycles. The Bertz CT molecular complexity index is 1040. The number of aryl methyl sites for hydroxylation is 1. The number of halogens is 1. The first kappa shape index (κ1) is 20.5. The van der Waals surface area contributed by atoms with Gasteiger partial charge in [0, 0.05) is 22.1 Å². The fraction of sp³-hybridized carbons (Fsp3) is 0.350. The van der Waals surface area contributed by atoms with E-state index in [0.29, 0.717) is 28.5 Å². The number of esters is 1. The Kier molecular flexibility index (Phi) is 6.49. The number of hydrogen-bond donors (Lipinski definition) is 0. The van der Waals surface area contributed by atoms with E-state index in [9.17, 15) is 9.59 Å². The summed E-state index contributed by atoms with van der Waals surface area (Å²) in [5.41, 5.74) is 1.44. The molecule has 2 aromatic heterocycles. The molecule has 1 unspecified atom stereocenters. The zero-order valence-corrected chi connectivity index (χ0v) is 17.5. The third kappa shape index (κ3) is 4.11. The Hall–Kier alpha value is -2.22. The van der Waals surface area contributed by atoms with Gasteiger partial charge in [0.1, 0.15) is 17.5 Å². The first-order valence-electron chi connectivity index (χ1n) is 8.94. The Morgan fingerprint density at radius 3 is 2.68 bits per heavy atom. The molecule has 3 rings (SSSR count). The molecular formula is C20H21ClN2O4S. The normalized spacial score (nSPS) is 12.3. The van der Waals surface area contributed by atoms with Gasteiger partial charge in [-0.2, -0.15) is 0 Å². The smallest absolute Gasteiger partial charge is 0.329 e. The van der Waals surface area contributed by atoms with E-state index in [-0.39, 0.29) is 12.2 Å². The summed E-state index contributed by atoms with van der Waals surface area (Å²) in [5, 5.41) is 1.13. The molecule has 0 saturated carbocycles. The van der Waals surface area contributed by atoms with E-state index < -0.39 is 12.0 Å². The molecule has 1 atom stereocenters. The molecule has 0 radical (unpaired) electrons. The lowest BCUT2D eigenvalue weighted by Gasteiger charge is -2.14. The molecule has 0 fully saturated rings. The SMILES string of the molecule is CCOCCOC(=O)C(C)n1cnc2sc(C)c(-c3ccc(Cl)cc3)c2c1=O. The largest absolute Gasteiger partial charge is 0.462 e. The second kappa shape index (κ2) is 8.86. The van der Waals surface area contributed by atoms with Crippen molar-refractivity contribution >= 4 is 39.1 Å². The molecule has 1 aromatic carbocycles. The molecule has 0 bridgehead atoms. The topological polar surface area (TPSA) is 70.4 Å². The van der Waals surface area contributed by atoms with Gasteiger partial charge in [0.25, 0.3) is 5.56 Å². The number of fused-ring (bicyclic) bond motifs is 1. The molecule has 0 aliphatic carbocycles. The van der Waals surface area contributed by atoms with Crippen molar-refractivity contribution in [2.75, 3.05) is 19.8 Å². The number of rotatable bonds is 7. The monoisotopic (exact) mass is 420 g/mol. The minimum absolute atomic E-state index is 0.148. The number of thiophene rings is 1. The lowest BCUT2D eigenvalue weighted by atomic mass is 10.0. The highest BCUT2D eigenvalue weighted by molar-refractivity contribution is 7.19. The predicted molar refractivity (Wildman–Crippen MR) is 111 cm³/mol. The number of nitrogens with zero attached hydrogens (tertiary/aromatic N) is 2. The highest BCUT2D eigenvalue weighted by Gasteiger charge is 2.22.